The number of rotatable bonds is 8. The van der Waals surface area contributed by atoms with Gasteiger partial charge in [-0.15, -0.1) is 0 Å². The monoisotopic (exact) mass is 337 g/mol. The van der Waals surface area contributed by atoms with Crippen LogP contribution in [0.3, 0.4) is 0 Å². The molecule has 132 valence electrons. The molecule has 0 aliphatic carbocycles. The van der Waals surface area contributed by atoms with Gasteiger partial charge in [-0.1, -0.05) is 42.5 Å². The summed E-state index contributed by atoms with van der Waals surface area (Å²) in [6.07, 6.45) is 4.16. The number of nitrogens with one attached hydrogen (secondary N) is 2. The van der Waals surface area contributed by atoms with Crippen LogP contribution in [0.25, 0.3) is 0 Å². The molecule has 2 N–H and O–H groups in total. The molecule has 4 nitrogen and oxygen atoms in total. The van der Waals surface area contributed by atoms with Crippen LogP contribution in [0.5, 0.6) is 5.75 Å². The van der Waals surface area contributed by atoms with E-state index in [0.29, 0.717) is 0 Å². The summed E-state index contributed by atoms with van der Waals surface area (Å²) in [4.78, 5) is 4.42. The summed E-state index contributed by atoms with van der Waals surface area (Å²) in [6.45, 7) is 3.56. The molecule has 4 heteroatoms. The number of benzene rings is 2. The van der Waals surface area contributed by atoms with E-state index in [1.807, 2.05) is 6.07 Å². The van der Waals surface area contributed by atoms with Crippen LogP contribution in [-0.2, 0) is 12.8 Å². The molecule has 0 amide bonds. The maximum Gasteiger partial charge on any atom is 0.191 e. The van der Waals surface area contributed by atoms with Gasteiger partial charge in [0.1, 0.15) is 5.75 Å². The van der Waals surface area contributed by atoms with Gasteiger partial charge in [-0.2, -0.15) is 0 Å². The molecule has 3 rings (SSSR count). The average Bonchev–Trinajstić information content (AvgIpc) is 2.67. The Morgan fingerprint density at radius 1 is 1.00 bits per heavy atom. The van der Waals surface area contributed by atoms with Crippen LogP contribution in [0, 0.1) is 0 Å². The van der Waals surface area contributed by atoms with E-state index in [0.717, 1.165) is 63.6 Å². The highest BCUT2D eigenvalue weighted by Crippen LogP contribution is 2.14. The van der Waals surface area contributed by atoms with Gasteiger partial charge in [0.25, 0.3) is 0 Å². The maximum absolute atomic E-state index is 5.91. The Morgan fingerprint density at radius 3 is 2.72 bits per heavy atom. The Balaban J connectivity index is 1.38. The van der Waals surface area contributed by atoms with Crippen molar-refractivity contribution in [3.05, 3.63) is 65.7 Å². The minimum Gasteiger partial charge on any atom is -0.494 e. The first kappa shape index (κ1) is 17.3. The molecule has 1 aliphatic rings. The number of ether oxygens (including phenoxy) is 1. The predicted octanol–water partition coefficient (Wildman–Crippen LogP) is 3.18. The lowest BCUT2D eigenvalue weighted by Gasteiger charge is -2.16. The highest BCUT2D eigenvalue weighted by Gasteiger charge is 2.03. The van der Waals surface area contributed by atoms with E-state index >= 15 is 0 Å². The molecule has 2 aromatic carbocycles. The van der Waals surface area contributed by atoms with Crippen molar-refractivity contribution in [2.75, 3.05) is 26.2 Å². The quantitative estimate of drug-likeness (QED) is 0.727. The topological polar surface area (TPSA) is 45.6 Å². The lowest BCUT2D eigenvalue weighted by molar-refractivity contribution is 0.310. The minimum absolute atomic E-state index is 0.747. The van der Waals surface area contributed by atoms with Crippen molar-refractivity contribution in [2.45, 2.75) is 25.7 Å². The SMILES string of the molecule is c1ccc(CCCOc2cccc(CCNC3=NCCCN3)c2)cc1. The normalized spacial score (nSPS) is 13.7. The van der Waals surface area contributed by atoms with Crippen molar-refractivity contribution in [3.8, 4) is 5.75 Å². The molecule has 0 atom stereocenters. The molecule has 0 unspecified atom stereocenters. The third kappa shape index (κ3) is 6.14. The molecule has 0 bridgehead atoms. The fourth-order valence-electron chi connectivity index (χ4n) is 2.88. The molecule has 0 spiro atoms. The predicted molar refractivity (Wildman–Crippen MR) is 103 cm³/mol. The molecule has 1 heterocycles. The second-order valence-electron chi connectivity index (χ2n) is 6.27. The van der Waals surface area contributed by atoms with Crippen LogP contribution >= 0.6 is 0 Å². The first-order chi connectivity index (χ1) is 12.4. The van der Waals surface area contributed by atoms with Gasteiger partial charge in [-0.05, 0) is 48.9 Å². The zero-order valence-corrected chi connectivity index (χ0v) is 14.7. The zero-order valence-electron chi connectivity index (χ0n) is 14.7. The molecule has 25 heavy (non-hydrogen) atoms. The number of aryl methyl sites for hydroxylation is 1. The Kier molecular flexibility index (Phi) is 6.74. The standard InChI is InChI=1S/C21H27N3O/c1-2-7-18(8-3-1)10-5-16-25-20-11-4-9-19(17-20)12-15-24-21-22-13-6-14-23-21/h1-4,7-9,11,17H,5-6,10,12-16H2,(H2,22,23,24). The Bertz CT molecular complexity index is 670. The van der Waals surface area contributed by atoms with E-state index in [1.54, 1.807) is 0 Å². The molecule has 1 aliphatic heterocycles. The van der Waals surface area contributed by atoms with Crippen LogP contribution in [0.1, 0.15) is 24.0 Å². The average molecular weight is 337 g/mol. The lowest BCUT2D eigenvalue weighted by atomic mass is 10.1. The van der Waals surface area contributed by atoms with Gasteiger partial charge >= 0.3 is 0 Å². The van der Waals surface area contributed by atoms with E-state index in [4.69, 9.17) is 4.74 Å². The largest absolute Gasteiger partial charge is 0.494 e. The molecular weight excluding hydrogens is 310 g/mol. The van der Waals surface area contributed by atoms with Gasteiger partial charge in [-0.3, -0.25) is 4.99 Å². The van der Waals surface area contributed by atoms with Gasteiger partial charge in [0, 0.05) is 19.6 Å². The van der Waals surface area contributed by atoms with Gasteiger partial charge in [0.2, 0.25) is 0 Å². The number of aliphatic imine (C=N–C) groups is 1. The van der Waals surface area contributed by atoms with Crippen LogP contribution in [0.2, 0.25) is 0 Å². The Hall–Kier alpha value is -2.49. The van der Waals surface area contributed by atoms with E-state index in [9.17, 15) is 0 Å². The van der Waals surface area contributed by atoms with Crippen LogP contribution in [-0.4, -0.2) is 32.2 Å². The minimum atomic E-state index is 0.747. The number of guanidine groups is 1. The Labute approximate surface area is 150 Å². The van der Waals surface area contributed by atoms with E-state index in [2.05, 4.69) is 64.2 Å². The van der Waals surface area contributed by atoms with Gasteiger partial charge in [-0.25, -0.2) is 0 Å². The van der Waals surface area contributed by atoms with Crippen molar-refractivity contribution < 1.29 is 4.74 Å². The van der Waals surface area contributed by atoms with Gasteiger partial charge < -0.3 is 15.4 Å². The van der Waals surface area contributed by atoms with Crippen molar-refractivity contribution in [3.63, 3.8) is 0 Å². The summed E-state index contributed by atoms with van der Waals surface area (Å²) in [5, 5.41) is 6.64. The first-order valence-corrected chi connectivity index (χ1v) is 9.18. The third-order valence-corrected chi connectivity index (χ3v) is 4.22. The maximum atomic E-state index is 5.91. The molecule has 0 radical (unpaired) electrons. The first-order valence-electron chi connectivity index (χ1n) is 9.18. The van der Waals surface area contributed by atoms with E-state index in [1.165, 1.54) is 11.1 Å². The molecule has 0 fully saturated rings. The van der Waals surface area contributed by atoms with E-state index in [-0.39, 0.29) is 0 Å². The van der Waals surface area contributed by atoms with Crippen molar-refractivity contribution in [1.29, 1.82) is 0 Å². The van der Waals surface area contributed by atoms with Crippen molar-refractivity contribution in [1.82, 2.24) is 10.6 Å². The number of nitrogens with zero attached hydrogens (tertiary/aromatic N) is 1. The molecule has 2 aromatic rings. The fraction of sp³-hybridized carbons (Fsp3) is 0.381. The van der Waals surface area contributed by atoms with Gasteiger partial charge in [0.05, 0.1) is 6.61 Å². The molecule has 0 aromatic heterocycles. The van der Waals surface area contributed by atoms with Gasteiger partial charge in [0.15, 0.2) is 5.96 Å². The van der Waals surface area contributed by atoms with Crippen LogP contribution in [0.15, 0.2) is 59.6 Å². The molecular formula is C21H27N3O. The molecule has 0 saturated carbocycles. The number of hydrogen-bond acceptors (Lipinski definition) is 4. The van der Waals surface area contributed by atoms with Crippen molar-refractivity contribution in [2.24, 2.45) is 4.99 Å². The summed E-state index contributed by atoms with van der Waals surface area (Å²) in [7, 11) is 0. The van der Waals surface area contributed by atoms with Crippen LogP contribution in [0.4, 0.5) is 0 Å². The summed E-state index contributed by atoms with van der Waals surface area (Å²) < 4.78 is 5.91. The van der Waals surface area contributed by atoms with Crippen LogP contribution < -0.4 is 15.4 Å². The second-order valence-corrected chi connectivity index (χ2v) is 6.27. The third-order valence-electron chi connectivity index (χ3n) is 4.22. The van der Waals surface area contributed by atoms with Crippen molar-refractivity contribution >= 4 is 5.96 Å². The van der Waals surface area contributed by atoms with E-state index < -0.39 is 0 Å². The lowest BCUT2D eigenvalue weighted by Crippen LogP contribution is -2.41. The molecule has 0 saturated heterocycles. The smallest absolute Gasteiger partial charge is 0.191 e. The zero-order chi connectivity index (χ0) is 17.2. The fourth-order valence-corrected chi connectivity index (χ4v) is 2.88. The number of hydrogen-bond donors (Lipinski definition) is 2. The summed E-state index contributed by atoms with van der Waals surface area (Å²) in [6, 6.07) is 18.9. The second kappa shape index (κ2) is 9.72. The highest BCUT2D eigenvalue weighted by molar-refractivity contribution is 5.80. The Morgan fingerprint density at radius 2 is 1.88 bits per heavy atom. The summed E-state index contributed by atoms with van der Waals surface area (Å²) in [5.74, 6) is 1.89. The summed E-state index contributed by atoms with van der Waals surface area (Å²) >= 11 is 0. The highest BCUT2D eigenvalue weighted by atomic mass is 16.5. The summed E-state index contributed by atoms with van der Waals surface area (Å²) in [5.41, 5.74) is 2.65.